The van der Waals surface area contributed by atoms with Crippen LogP contribution in [0.25, 0.3) is 0 Å². The van der Waals surface area contributed by atoms with Gasteiger partial charge in [0.05, 0.1) is 12.3 Å². The van der Waals surface area contributed by atoms with Gasteiger partial charge in [0.25, 0.3) is 5.91 Å². The summed E-state index contributed by atoms with van der Waals surface area (Å²) < 4.78 is 5.45. The lowest BCUT2D eigenvalue weighted by Crippen LogP contribution is -2.15. The number of nitrogens with one attached hydrogen (secondary N) is 2. The zero-order chi connectivity index (χ0) is 14.4. The first-order chi connectivity index (χ1) is 9.74. The van der Waals surface area contributed by atoms with E-state index in [0.29, 0.717) is 23.9 Å². The van der Waals surface area contributed by atoms with E-state index < -0.39 is 0 Å². The van der Waals surface area contributed by atoms with E-state index in [-0.39, 0.29) is 11.6 Å². The van der Waals surface area contributed by atoms with Gasteiger partial charge in [-0.15, -0.1) is 10.2 Å². The van der Waals surface area contributed by atoms with Crippen LogP contribution >= 0.6 is 0 Å². The van der Waals surface area contributed by atoms with Gasteiger partial charge in [-0.05, 0) is 31.2 Å². The van der Waals surface area contributed by atoms with E-state index >= 15 is 0 Å². The number of carbonyl (C=O) groups is 1. The Kier molecular flexibility index (Phi) is 4.49. The van der Waals surface area contributed by atoms with Gasteiger partial charge in [-0.25, -0.2) is 0 Å². The minimum absolute atomic E-state index is 0.246. The lowest BCUT2D eigenvalue weighted by atomic mass is 10.2. The number of hydrogen-bond acceptors (Lipinski definition) is 5. The fraction of sp³-hybridized carbons (Fsp3) is 0.214. The molecule has 0 unspecified atom stereocenters. The average molecular weight is 272 g/mol. The Balaban J connectivity index is 2.14. The minimum atomic E-state index is -0.327. The number of hydrogen-bond donors (Lipinski definition) is 2. The van der Waals surface area contributed by atoms with Gasteiger partial charge < -0.3 is 15.4 Å². The van der Waals surface area contributed by atoms with Crippen LogP contribution in [-0.2, 0) is 0 Å². The maximum absolute atomic E-state index is 12.1. The summed E-state index contributed by atoms with van der Waals surface area (Å²) in [4.78, 5) is 12.1. The summed E-state index contributed by atoms with van der Waals surface area (Å²) in [7, 11) is 1.74. The third kappa shape index (κ3) is 3.23. The van der Waals surface area contributed by atoms with E-state index in [1.807, 2.05) is 19.1 Å². The van der Waals surface area contributed by atoms with Crippen molar-refractivity contribution in [2.45, 2.75) is 6.92 Å². The Morgan fingerprint density at radius 2 is 2.00 bits per heavy atom. The Morgan fingerprint density at radius 1 is 1.20 bits per heavy atom. The number of carbonyl (C=O) groups excluding carboxylic acids is 1. The molecule has 2 N–H and O–H groups in total. The van der Waals surface area contributed by atoms with Crippen molar-refractivity contribution in [1.82, 2.24) is 10.2 Å². The molecule has 20 heavy (non-hydrogen) atoms. The molecule has 0 atom stereocenters. The fourth-order valence-corrected chi connectivity index (χ4v) is 1.62. The molecule has 0 aliphatic heterocycles. The Morgan fingerprint density at radius 3 is 2.65 bits per heavy atom. The van der Waals surface area contributed by atoms with Gasteiger partial charge in [-0.1, -0.05) is 12.1 Å². The first-order valence-corrected chi connectivity index (χ1v) is 6.29. The summed E-state index contributed by atoms with van der Waals surface area (Å²) in [6, 6.07) is 10.6. The molecule has 0 saturated heterocycles. The van der Waals surface area contributed by atoms with E-state index in [1.165, 1.54) is 0 Å². The Hall–Kier alpha value is -2.63. The predicted octanol–water partition coefficient (Wildman–Crippen LogP) is 2.17. The smallest absolute Gasteiger partial charge is 0.276 e. The van der Waals surface area contributed by atoms with Crippen LogP contribution in [0.2, 0.25) is 0 Å². The molecule has 104 valence electrons. The zero-order valence-corrected chi connectivity index (χ0v) is 11.4. The van der Waals surface area contributed by atoms with Crippen molar-refractivity contribution >= 4 is 17.4 Å². The number of para-hydroxylation sites is 2. The Bertz CT molecular complexity index is 584. The van der Waals surface area contributed by atoms with Crippen molar-refractivity contribution in [2.24, 2.45) is 0 Å². The lowest BCUT2D eigenvalue weighted by molar-refractivity contribution is 0.102. The van der Waals surface area contributed by atoms with Crippen LogP contribution in [0.5, 0.6) is 5.75 Å². The molecule has 0 aliphatic rings. The van der Waals surface area contributed by atoms with Gasteiger partial charge in [0, 0.05) is 7.05 Å². The molecule has 6 heteroatoms. The van der Waals surface area contributed by atoms with Crippen molar-refractivity contribution < 1.29 is 9.53 Å². The molecule has 2 rings (SSSR count). The van der Waals surface area contributed by atoms with E-state index in [0.717, 1.165) is 0 Å². The molecule has 1 amide bonds. The molecule has 1 aromatic heterocycles. The zero-order valence-electron chi connectivity index (χ0n) is 11.4. The van der Waals surface area contributed by atoms with Crippen LogP contribution in [0, 0.1) is 0 Å². The van der Waals surface area contributed by atoms with Gasteiger partial charge >= 0.3 is 0 Å². The van der Waals surface area contributed by atoms with Crippen LogP contribution in [0.4, 0.5) is 11.5 Å². The molecule has 2 aromatic rings. The predicted molar refractivity (Wildman–Crippen MR) is 77.1 cm³/mol. The number of nitrogens with zero attached hydrogens (tertiary/aromatic N) is 2. The molecule has 1 heterocycles. The number of amides is 1. The molecule has 0 aliphatic carbocycles. The first-order valence-electron chi connectivity index (χ1n) is 6.29. The second-order valence-electron chi connectivity index (χ2n) is 3.94. The van der Waals surface area contributed by atoms with Crippen molar-refractivity contribution in [1.29, 1.82) is 0 Å². The molecule has 0 spiro atoms. The van der Waals surface area contributed by atoms with Crippen LogP contribution in [0.1, 0.15) is 17.4 Å². The van der Waals surface area contributed by atoms with E-state index in [1.54, 1.807) is 31.3 Å². The summed E-state index contributed by atoms with van der Waals surface area (Å²) in [5, 5.41) is 13.3. The molecule has 6 nitrogen and oxygen atoms in total. The molecular formula is C14H16N4O2. The molecular weight excluding hydrogens is 256 g/mol. The van der Waals surface area contributed by atoms with Gasteiger partial charge in [-0.2, -0.15) is 0 Å². The number of ether oxygens (including phenoxy) is 1. The second kappa shape index (κ2) is 6.51. The highest BCUT2D eigenvalue weighted by Crippen LogP contribution is 2.24. The third-order valence-electron chi connectivity index (χ3n) is 2.59. The number of rotatable bonds is 5. The van der Waals surface area contributed by atoms with Gasteiger partial charge in [0.1, 0.15) is 11.6 Å². The van der Waals surface area contributed by atoms with Gasteiger partial charge in [0.15, 0.2) is 5.69 Å². The highest BCUT2D eigenvalue weighted by molar-refractivity contribution is 6.03. The van der Waals surface area contributed by atoms with Crippen LogP contribution in [-0.4, -0.2) is 29.8 Å². The van der Waals surface area contributed by atoms with E-state index in [9.17, 15) is 4.79 Å². The first kappa shape index (κ1) is 13.8. The minimum Gasteiger partial charge on any atom is -0.492 e. The van der Waals surface area contributed by atoms with Crippen molar-refractivity contribution in [3.8, 4) is 5.75 Å². The summed E-state index contributed by atoms with van der Waals surface area (Å²) in [5.74, 6) is 0.909. The standard InChI is InChI=1S/C14H16N4O2/c1-3-20-12-7-5-4-6-10(12)16-14(19)11-8-9-13(15-2)18-17-11/h4-9H,3H2,1-2H3,(H,15,18)(H,16,19). The summed E-state index contributed by atoms with van der Waals surface area (Å²) in [5.41, 5.74) is 0.856. The normalized spacial score (nSPS) is 9.90. The van der Waals surface area contributed by atoms with Crippen molar-refractivity contribution in [3.05, 3.63) is 42.1 Å². The van der Waals surface area contributed by atoms with Crippen molar-refractivity contribution in [3.63, 3.8) is 0 Å². The maximum atomic E-state index is 12.1. The largest absolute Gasteiger partial charge is 0.492 e. The third-order valence-corrected chi connectivity index (χ3v) is 2.59. The average Bonchev–Trinajstić information content (AvgIpc) is 2.49. The Labute approximate surface area is 117 Å². The molecule has 0 radical (unpaired) electrons. The van der Waals surface area contributed by atoms with Gasteiger partial charge in [0.2, 0.25) is 0 Å². The fourth-order valence-electron chi connectivity index (χ4n) is 1.62. The van der Waals surface area contributed by atoms with Crippen LogP contribution < -0.4 is 15.4 Å². The highest BCUT2D eigenvalue weighted by Gasteiger charge is 2.11. The quantitative estimate of drug-likeness (QED) is 0.872. The monoisotopic (exact) mass is 272 g/mol. The topological polar surface area (TPSA) is 76.1 Å². The van der Waals surface area contributed by atoms with Gasteiger partial charge in [-0.3, -0.25) is 4.79 Å². The lowest BCUT2D eigenvalue weighted by Gasteiger charge is -2.10. The van der Waals surface area contributed by atoms with Crippen LogP contribution in [0.3, 0.4) is 0 Å². The van der Waals surface area contributed by atoms with E-state index in [2.05, 4.69) is 20.8 Å². The van der Waals surface area contributed by atoms with Crippen molar-refractivity contribution in [2.75, 3.05) is 24.3 Å². The summed E-state index contributed by atoms with van der Waals surface area (Å²) >= 11 is 0. The molecule has 0 fully saturated rings. The number of anilines is 2. The summed E-state index contributed by atoms with van der Waals surface area (Å²) in [6.45, 7) is 2.42. The maximum Gasteiger partial charge on any atom is 0.276 e. The SMILES string of the molecule is CCOc1ccccc1NC(=O)c1ccc(NC)nn1. The van der Waals surface area contributed by atoms with E-state index in [4.69, 9.17) is 4.74 Å². The number of aromatic nitrogens is 2. The molecule has 0 bridgehead atoms. The molecule has 1 aromatic carbocycles. The summed E-state index contributed by atoms with van der Waals surface area (Å²) in [6.07, 6.45) is 0. The number of benzene rings is 1. The van der Waals surface area contributed by atoms with Crippen LogP contribution in [0.15, 0.2) is 36.4 Å². The highest BCUT2D eigenvalue weighted by atomic mass is 16.5. The molecule has 0 saturated carbocycles. The second-order valence-corrected chi connectivity index (χ2v) is 3.94.